The summed E-state index contributed by atoms with van der Waals surface area (Å²) in [4.78, 5) is 0. The third kappa shape index (κ3) is 2.04. The largest absolute Gasteiger partial charge is 0.307 e. The summed E-state index contributed by atoms with van der Waals surface area (Å²) >= 11 is 0. The van der Waals surface area contributed by atoms with Gasteiger partial charge in [-0.05, 0) is 43.5 Å². The topological polar surface area (TPSA) is 42.7 Å². The van der Waals surface area contributed by atoms with Crippen LogP contribution < -0.4 is 5.32 Å². The lowest BCUT2D eigenvalue weighted by Crippen LogP contribution is -2.17. The van der Waals surface area contributed by atoms with Gasteiger partial charge in [0.2, 0.25) is 0 Å². The van der Waals surface area contributed by atoms with Crippen molar-refractivity contribution < 1.29 is 0 Å². The van der Waals surface area contributed by atoms with E-state index in [1.54, 1.807) is 6.33 Å². The number of hydrogen-bond donors (Lipinski definition) is 1. The third-order valence-corrected chi connectivity index (χ3v) is 3.57. The molecule has 0 spiro atoms. The van der Waals surface area contributed by atoms with E-state index in [1.807, 2.05) is 0 Å². The van der Waals surface area contributed by atoms with Crippen molar-refractivity contribution in [2.75, 3.05) is 6.54 Å². The summed E-state index contributed by atoms with van der Waals surface area (Å²) in [5.41, 5.74) is 2.49. The van der Waals surface area contributed by atoms with Crippen LogP contribution in [0.5, 0.6) is 0 Å². The molecule has 1 aromatic heterocycles. The molecule has 0 bridgehead atoms. The first kappa shape index (κ1) is 11.4. The first-order chi connectivity index (χ1) is 8.88. The van der Waals surface area contributed by atoms with Crippen LogP contribution in [-0.4, -0.2) is 21.3 Å². The van der Waals surface area contributed by atoms with E-state index in [4.69, 9.17) is 0 Å². The molecular weight excluding hydrogens is 224 g/mol. The lowest BCUT2D eigenvalue weighted by molar-refractivity contribution is 0.592. The predicted octanol–water partition coefficient (Wildman–Crippen LogP) is 2.25. The number of benzene rings is 1. The van der Waals surface area contributed by atoms with Gasteiger partial charge in [0.05, 0.1) is 6.04 Å². The maximum atomic E-state index is 4.27. The van der Waals surface area contributed by atoms with Gasteiger partial charge >= 0.3 is 0 Å². The van der Waals surface area contributed by atoms with Crippen LogP contribution in [0.3, 0.4) is 0 Å². The van der Waals surface area contributed by atoms with Gasteiger partial charge in [-0.15, -0.1) is 10.2 Å². The first-order valence-corrected chi connectivity index (χ1v) is 6.61. The van der Waals surface area contributed by atoms with Gasteiger partial charge in [0.15, 0.2) is 5.82 Å². The lowest BCUT2D eigenvalue weighted by Gasteiger charge is -2.12. The van der Waals surface area contributed by atoms with E-state index in [0.29, 0.717) is 6.04 Å². The summed E-state index contributed by atoms with van der Waals surface area (Å²) in [6.45, 7) is 3.24. The Morgan fingerprint density at radius 2 is 2.17 bits per heavy atom. The van der Waals surface area contributed by atoms with Crippen molar-refractivity contribution in [2.24, 2.45) is 0 Å². The molecule has 0 aliphatic carbocycles. The van der Waals surface area contributed by atoms with Gasteiger partial charge in [-0.2, -0.15) is 0 Å². The smallest absolute Gasteiger partial charge is 0.154 e. The highest BCUT2D eigenvalue weighted by atomic mass is 15.3. The average Bonchev–Trinajstić information content (AvgIpc) is 3.09. The van der Waals surface area contributed by atoms with Crippen molar-refractivity contribution in [1.82, 2.24) is 20.1 Å². The number of aryl methyl sites for hydroxylation is 1. The van der Waals surface area contributed by atoms with Crippen LogP contribution in [0, 0.1) is 0 Å². The summed E-state index contributed by atoms with van der Waals surface area (Å²) in [6.07, 6.45) is 5.23. The van der Waals surface area contributed by atoms with E-state index in [9.17, 15) is 0 Å². The zero-order valence-corrected chi connectivity index (χ0v) is 10.6. The van der Waals surface area contributed by atoms with E-state index >= 15 is 0 Å². The zero-order chi connectivity index (χ0) is 12.4. The molecule has 0 radical (unpaired) electrons. The molecule has 0 amide bonds. The van der Waals surface area contributed by atoms with Crippen LogP contribution in [0.25, 0.3) is 5.69 Å². The molecule has 1 saturated heterocycles. The maximum Gasteiger partial charge on any atom is 0.154 e. The number of nitrogens with one attached hydrogen (secondary N) is 1. The minimum atomic E-state index is 0.346. The van der Waals surface area contributed by atoms with Gasteiger partial charge in [-0.25, -0.2) is 0 Å². The Morgan fingerprint density at radius 1 is 1.33 bits per heavy atom. The van der Waals surface area contributed by atoms with E-state index < -0.39 is 0 Å². The fourth-order valence-corrected chi connectivity index (χ4v) is 2.48. The molecule has 4 heteroatoms. The first-order valence-electron chi connectivity index (χ1n) is 6.61. The van der Waals surface area contributed by atoms with Crippen LogP contribution >= 0.6 is 0 Å². The SMILES string of the molecule is CCc1ccc(-n2cnnc2C2CCCN2)cc1. The normalized spacial score (nSPS) is 19.3. The second-order valence-electron chi connectivity index (χ2n) is 4.73. The summed E-state index contributed by atoms with van der Waals surface area (Å²) in [5, 5.41) is 11.8. The fourth-order valence-electron chi connectivity index (χ4n) is 2.48. The summed E-state index contributed by atoms with van der Waals surface area (Å²) in [7, 11) is 0. The predicted molar refractivity (Wildman–Crippen MR) is 70.7 cm³/mol. The maximum absolute atomic E-state index is 4.27. The number of nitrogens with zero attached hydrogens (tertiary/aromatic N) is 3. The van der Waals surface area contributed by atoms with Gasteiger partial charge in [0, 0.05) is 5.69 Å². The molecule has 0 saturated carbocycles. The standard InChI is InChI=1S/C14H18N4/c1-2-11-5-7-12(8-6-11)18-10-16-17-14(18)13-4-3-9-15-13/h5-8,10,13,15H,2-4,9H2,1H3. The van der Waals surface area contributed by atoms with Crippen LogP contribution in [0.15, 0.2) is 30.6 Å². The molecule has 1 aliphatic heterocycles. The number of rotatable bonds is 3. The van der Waals surface area contributed by atoms with Crippen molar-refractivity contribution in [3.8, 4) is 5.69 Å². The van der Waals surface area contributed by atoms with Crippen LogP contribution in [0.4, 0.5) is 0 Å². The molecule has 4 nitrogen and oxygen atoms in total. The molecule has 1 N–H and O–H groups in total. The average molecular weight is 242 g/mol. The number of hydrogen-bond acceptors (Lipinski definition) is 3. The molecular formula is C14H18N4. The molecule has 1 fully saturated rings. The second-order valence-corrected chi connectivity index (χ2v) is 4.73. The van der Waals surface area contributed by atoms with Crippen molar-refractivity contribution >= 4 is 0 Å². The summed E-state index contributed by atoms with van der Waals surface area (Å²) < 4.78 is 2.09. The molecule has 1 aromatic carbocycles. The highest BCUT2D eigenvalue weighted by Crippen LogP contribution is 2.23. The van der Waals surface area contributed by atoms with E-state index in [2.05, 4.69) is 51.3 Å². The van der Waals surface area contributed by atoms with Gasteiger partial charge in [0.1, 0.15) is 6.33 Å². The summed E-state index contributed by atoms with van der Waals surface area (Å²) in [5.74, 6) is 1.02. The minimum Gasteiger partial charge on any atom is -0.307 e. The van der Waals surface area contributed by atoms with E-state index in [0.717, 1.165) is 30.9 Å². The monoisotopic (exact) mass is 242 g/mol. The Balaban J connectivity index is 1.93. The lowest BCUT2D eigenvalue weighted by atomic mass is 10.1. The molecule has 2 aromatic rings. The third-order valence-electron chi connectivity index (χ3n) is 3.57. The van der Waals surface area contributed by atoms with E-state index in [-0.39, 0.29) is 0 Å². The molecule has 1 atom stereocenters. The quantitative estimate of drug-likeness (QED) is 0.897. The van der Waals surface area contributed by atoms with Crippen LogP contribution in [-0.2, 0) is 6.42 Å². The van der Waals surface area contributed by atoms with Crippen molar-refractivity contribution in [1.29, 1.82) is 0 Å². The Bertz CT molecular complexity index is 509. The Hall–Kier alpha value is -1.68. The van der Waals surface area contributed by atoms with Crippen molar-refractivity contribution in [3.05, 3.63) is 42.0 Å². The highest BCUT2D eigenvalue weighted by Gasteiger charge is 2.21. The Morgan fingerprint density at radius 3 is 2.83 bits per heavy atom. The van der Waals surface area contributed by atoms with Gasteiger partial charge in [-0.1, -0.05) is 19.1 Å². The van der Waals surface area contributed by atoms with Gasteiger partial charge < -0.3 is 5.32 Å². The molecule has 3 rings (SSSR count). The summed E-state index contributed by atoms with van der Waals surface area (Å²) in [6, 6.07) is 8.96. The van der Waals surface area contributed by atoms with Gasteiger partial charge in [0.25, 0.3) is 0 Å². The van der Waals surface area contributed by atoms with E-state index in [1.165, 1.54) is 12.0 Å². The fraction of sp³-hybridized carbons (Fsp3) is 0.429. The van der Waals surface area contributed by atoms with Crippen LogP contribution in [0.1, 0.15) is 37.2 Å². The minimum absolute atomic E-state index is 0.346. The second kappa shape index (κ2) is 4.90. The van der Waals surface area contributed by atoms with Crippen molar-refractivity contribution in [2.45, 2.75) is 32.2 Å². The van der Waals surface area contributed by atoms with Crippen LogP contribution in [0.2, 0.25) is 0 Å². The van der Waals surface area contributed by atoms with Crippen molar-refractivity contribution in [3.63, 3.8) is 0 Å². The zero-order valence-electron chi connectivity index (χ0n) is 10.6. The Kier molecular flexibility index (Phi) is 3.11. The molecule has 18 heavy (non-hydrogen) atoms. The molecule has 1 aliphatic rings. The highest BCUT2D eigenvalue weighted by molar-refractivity contribution is 5.35. The molecule has 2 heterocycles. The molecule has 94 valence electrons. The Labute approximate surface area is 107 Å². The number of aromatic nitrogens is 3. The van der Waals surface area contributed by atoms with Gasteiger partial charge in [-0.3, -0.25) is 4.57 Å². The molecule has 1 unspecified atom stereocenters.